The number of hydrogen-bond donors (Lipinski definition) is 0. The van der Waals surface area contributed by atoms with Gasteiger partial charge < -0.3 is 9.64 Å². The van der Waals surface area contributed by atoms with Gasteiger partial charge in [-0.15, -0.1) is 0 Å². The molecule has 3 rings (SSSR count). The van der Waals surface area contributed by atoms with Gasteiger partial charge in [0.05, 0.1) is 0 Å². The van der Waals surface area contributed by atoms with E-state index in [2.05, 4.69) is 20.9 Å². The minimum atomic E-state index is -0.487. The number of halogens is 2. The number of aromatic nitrogens is 1. The highest BCUT2D eigenvalue weighted by molar-refractivity contribution is 9.10. The zero-order chi connectivity index (χ0) is 16.2. The Balaban J connectivity index is 1.62. The molecule has 1 saturated carbocycles. The van der Waals surface area contributed by atoms with Crippen molar-refractivity contribution >= 4 is 21.8 Å². The lowest BCUT2D eigenvalue weighted by molar-refractivity contribution is -0.134. The molecule has 0 saturated heterocycles. The average molecular weight is 379 g/mol. The van der Waals surface area contributed by atoms with Crippen molar-refractivity contribution in [2.75, 3.05) is 6.61 Å². The molecule has 1 amide bonds. The van der Waals surface area contributed by atoms with Gasteiger partial charge in [0.2, 0.25) is 0 Å². The van der Waals surface area contributed by atoms with Crippen LogP contribution in [0.1, 0.15) is 18.4 Å². The van der Waals surface area contributed by atoms with E-state index in [-0.39, 0.29) is 24.3 Å². The second-order valence-electron chi connectivity index (χ2n) is 5.47. The van der Waals surface area contributed by atoms with Gasteiger partial charge in [-0.2, -0.15) is 0 Å². The van der Waals surface area contributed by atoms with Gasteiger partial charge in [-0.3, -0.25) is 9.78 Å². The first-order valence-electron chi connectivity index (χ1n) is 7.39. The predicted octanol–water partition coefficient (Wildman–Crippen LogP) is 3.55. The molecule has 120 valence electrons. The lowest BCUT2D eigenvalue weighted by atomic mass is 10.2. The highest BCUT2D eigenvalue weighted by Crippen LogP contribution is 2.29. The fourth-order valence-electron chi connectivity index (χ4n) is 2.31. The topological polar surface area (TPSA) is 42.4 Å². The van der Waals surface area contributed by atoms with Crippen LogP contribution in [0.2, 0.25) is 0 Å². The molecule has 1 aromatic carbocycles. The van der Waals surface area contributed by atoms with Crippen molar-refractivity contribution in [2.24, 2.45) is 0 Å². The van der Waals surface area contributed by atoms with E-state index in [9.17, 15) is 9.18 Å². The monoisotopic (exact) mass is 378 g/mol. The minimum absolute atomic E-state index is 0.0845. The van der Waals surface area contributed by atoms with Crippen molar-refractivity contribution < 1.29 is 13.9 Å². The van der Waals surface area contributed by atoms with Gasteiger partial charge in [0.25, 0.3) is 5.91 Å². The summed E-state index contributed by atoms with van der Waals surface area (Å²) < 4.78 is 19.7. The number of pyridine rings is 1. The number of nitrogens with zero attached hydrogens (tertiary/aromatic N) is 2. The summed E-state index contributed by atoms with van der Waals surface area (Å²) in [5.41, 5.74) is 1.02. The summed E-state index contributed by atoms with van der Waals surface area (Å²) >= 11 is 3.19. The van der Waals surface area contributed by atoms with Crippen LogP contribution >= 0.6 is 15.9 Å². The van der Waals surface area contributed by atoms with Crippen LogP contribution < -0.4 is 4.74 Å². The van der Waals surface area contributed by atoms with Gasteiger partial charge in [-0.25, -0.2) is 4.39 Å². The summed E-state index contributed by atoms with van der Waals surface area (Å²) in [4.78, 5) is 18.2. The molecule has 0 aliphatic heterocycles. The Morgan fingerprint density at radius 1 is 1.30 bits per heavy atom. The Hall–Kier alpha value is -1.95. The predicted molar refractivity (Wildman–Crippen MR) is 87.4 cm³/mol. The Labute approximate surface area is 142 Å². The molecule has 2 aromatic rings. The number of benzene rings is 1. The summed E-state index contributed by atoms with van der Waals surface area (Å²) in [7, 11) is 0. The number of ether oxygens (including phenoxy) is 1. The van der Waals surface area contributed by atoms with Crippen molar-refractivity contribution in [3.8, 4) is 5.75 Å². The molecule has 0 bridgehead atoms. The third-order valence-electron chi connectivity index (χ3n) is 3.66. The van der Waals surface area contributed by atoms with Crippen LogP contribution in [0.3, 0.4) is 0 Å². The van der Waals surface area contributed by atoms with Crippen LogP contribution in [0.15, 0.2) is 47.2 Å². The molecule has 0 radical (unpaired) electrons. The van der Waals surface area contributed by atoms with Gasteiger partial charge in [-0.05, 0) is 48.7 Å². The Bertz CT molecular complexity index is 692. The van der Waals surface area contributed by atoms with Crippen molar-refractivity contribution in [3.05, 3.63) is 58.6 Å². The van der Waals surface area contributed by atoms with E-state index in [0.29, 0.717) is 11.0 Å². The average Bonchev–Trinajstić information content (AvgIpc) is 3.37. The van der Waals surface area contributed by atoms with Crippen LogP contribution in [-0.2, 0) is 11.3 Å². The molecule has 1 aromatic heterocycles. The Morgan fingerprint density at radius 3 is 2.70 bits per heavy atom. The largest absolute Gasteiger partial charge is 0.481 e. The molecule has 0 atom stereocenters. The first kappa shape index (κ1) is 15.9. The second-order valence-corrected chi connectivity index (χ2v) is 6.39. The van der Waals surface area contributed by atoms with Gasteiger partial charge in [0.1, 0.15) is 0 Å². The van der Waals surface area contributed by atoms with Crippen molar-refractivity contribution in [3.63, 3.8) is 0 Å². The SMILES string of the molecule is O=C(COc1ccc(Br)cc1F)N(Cc1ccncc1)C1CC1. The molecule has 1 heterocycles. The zero-order valence-corrected chi connectivity index (χ0v) is 14.0. The zero-order valence-electron chi connectivity index (χ0n) is 12.4. The fourth-order valence-corrected chi connectivity index (χ4v) is 2.64. The van der Waals surface area contributed by atoms with Gasteiger partial charge >= 0.3 is 0 Å². The number of carbonyl (C=O) groups is 1. The van der Waals surface area contributed by atoms with Gasteiger partial charge in [-0.1, -0.05) is 15.9 Å². The molecule has 1 aliphatic carbocycles. The van der Waals surface area contributed by atoms with Crippen LogP contribution in [0, 0.1) is 5.82 Å². The molecule has 0 unspecified atom stereocenters. The minimum Gasteiger partial charge on any atom is -0.481 e. The normalized spacial score (nSPS) is 13.7. The maximum atomic E-state index is 13.7. The number of carbonyl (C=O) groups excluding carboxylic acids is 1. The first-order valence-corrected chi connectivity index (χ1v) is 8.19. The van der Waals surface area contributed by atoms with E-state index in [0.717, 1.165) is 18.4 Å². The molecule has 0 N–H and O–H groups in total. The maximum absolute atomic E-state index is 13.7. The smallest absolute Gasteiger partial charge is 0.261 e. The highest BCUT2D eigenvalue weighted by atomic mass is 79.9. The van der Waals surface area contributed by atoms with Crippen LogP contribution in [0.5, 0.6) is 5.75 Å². The lowest BCUT2D eigenvalue weighted by Crippen LogP contribution is -2.36. The standard InChI is InChI=1S/C17H16BrFN2O2/c18-13-1-4-16(15(19)9-13)23-11-17(22)21(14-2-3-14)10-12-5-7-20-8-6-12/h1,4-9,14H,2-3,10-11H2. The van der Waals surface area contributed by atoms with E-state index in [1.165, 1.54) is 12.1 Å². The molecular formula is C17H16BrFN2O2. The van der Waals surface area contributed by atoms with Gasteiger partial charge in [0, 0.05) is 29.5 Å². The summed E-state index contributed by atoms with van der Waals surface area (Å²) in [5.74, 6) is -0.535. The third kappa shape index (κ3) is 4.28. The quantitative estimate of drug-likeness (QED) is 0.771. The highest BCUT2D eigenvalue weighted by Gasteiger charge is 2.32. The summed E-state index contributed by atoms with van der Waals surface area (Å²) in [6.45, 7) is 0.359. The molecule has 6 heteroatoms. The van der Waals surface area contributed by atoms with Crippen molar-refractivity contribution in [1.82, 2.24) is 9.88 Å². The summed E-state index contributed by atoms with van der Waals surface area (Å²) in [6.07, 6.45) is 5.42. The summed E-state index contributed by atoms with van der Waals surface area (Å²) in [5, 5.41) is 0. The van der Waals surface area contributed by atoms with E-state index >= 15 is 0 Å². The Morgan fingerprint density at radius 2 is 2.04 bits per heavy atom. The van der Waals surface area contributed by atoms with Gasteiger partial charge in [0.15, 0.2) is 18.2 Å². The number of rotatable bonds is 6. The maximum Gasteiger partial charge on any atom is 0.261 e. The summed E-state index contributed by atoms with van der Waals surface area (Å²) in [6, 6.07) is 8.54. The third-order valence-corrected chi connectivity index (χ3v) is 4.15. The van der Waals surface area contributed by atoms with Crippen LogP contribution in [-0.4, -0.2) is 28.4 Å². The second kappa shape index (κ2) is 7.08. The van der Waals surface area contributed by atoms with E-state index in [4.69, 9.17) is 4.74 Å². The number of amides is 1. The lowest BCUT2D eigenvalue weighted by Gasteiger charge is -2.22. The molecule has 1 aliphatic rings. The number of hydrogen-bond acceptors (Lipinski definition) is 3. The van der Waals surface area contributed by atoms with E-state index < -0.39 is 5.82 Å². The van der Waals surface area contributed by atoms with Crippen LogP contribution in [0.25, 0.3) is 0 Å². The Kier molecular flexibility index (Phi) is 4.91. The van der Waals surface area contributed by atoms with E-state index in [1.807, 2.05) is 12.1 Å². The van der Waals surface area contributed by atoms with Crippen molar-refractivity contribution in [1.29, 1.82) is 0 Å². The fraction of sp³-hybridized carbons (Fsp3) is 0.294. The molecular weight excluding hydrogens is 363 g/mol. The molecule has 1 fully saturated rings. The first-order chi connectivity index (χ1) is 11.1. The molecule has 23 heavy (non-hydrogen) atoms. The van der Waals surface area contributed by atoms with E-state index in [1.54, 1.807) is 23.4 Å². The van der Waals surface area contributed by atoms with Crippen molar-refractivity contribution in [2.45, 2.75) is 25.4 Å². The molecule has 4 nitrogen and oxygen atoms in total. The van der Waals surface area contributed by atoms with Crippen LogP contribution in [0.4, 0.5) is 4.39 Å². The molecule has 0 spiro atoms.